The number of aliphatic hydroxyl groups excluding tert-OH is 2. The zero-order valence-corrected chi connectivity index (χ0v) is 18.8. The van der Waals surface area contributed by atoms with Gasteiger partial charge in [-0.25, -0.2) is 0 Å². The van der Waals surface area contributed by atoms with Gasteiger partial charge in [-0.1, -0.05) is 0 Å². The molecule has 0 aliphatic carbocycles. The average Bonchev–Trinajstić information content (AvgIpc) is 2.61. The van der Waals surface area contributed by atoms with Crippen LogP contribution >= 0.6 is 8.60 Å². The second kappa shape index (κ2) is 15.8. The average molecular weight is 430 g/mol. The van der Waals surface area contributed by atoms with Crippen LogP contribution in [0.25, 0.3) is 0 Å². The maximum absolute atomic E-state index is 10.1. The van der Waals surface area contributed by atoms with Crippen molar-refractivity contribution in [2.75, 3.05) is 59.5 Å². The van der Waals surface area contributed by atoms with E-state index in [2.05, 4.69) is 0 Å². The van der Waals surface area contributed by atoms with Crippen LogP contribution in [0.5, 0.6) is 0 Å². The van der Waals surface area contributed by atoms with Gasteiger partial charge in [0.25, 0.3) is 0 Å². The summed E-state index contributed by atoms with van der Waals surface area (Å²) >= 11 is 0. The Morgan fingerprint density at radius 1 is 0.821 bits per heavy atom. The van der Waals surface area contributed by atoms with Crippen LogP contribution in [-0.4, -0.2) is 92.1 Å². The van der Waals surface area contributed by atoms with Gasteiger partial charge in [-0.3, -0.25) is 0 Å². The molecule has 170 valence electrons. The molecule has 0 spiro atoms. The van der Waals surface area contributed by atoms with Crippen molar-refractivity contribution < 1.29 is 43.1 Å². The lowest BCUT2D eigenvalue weighted by molar-refractivity contribution is -0.151. The third-order valence-corrected chi connectivity index (χ3v) is 5.26. The van der Waals surface area contributed by atoms with E-state index >= 15 is 0 Å². The van der Waals surface area contributed by atoms with Crippen molar-refractivity contribution in [2.24, 2.45) is 0 Å². The van der Waals surface area contributed by atoms with Gasteiger partial charge in [-0.15, -0.1) is 0 Å². The molecular weight excluding hydrogens is 391 g/mol. The smallest absolute Gasteiger partial charge is 0.333 e. The van der Waals surface area contributed by atoms with E-state index in [1.807, 2.05) is 20.8 Å². The minimum absolute atomic E-state index is 0.0433. The van der Waals surface area contributed by atoms with Crippen molar-refractivity contribution >= 4 is 8.60 Å². The summed E-state index contributed by atoms with van der Waals surface area (Å²) < 4.78 is 33.3. The van der Waals surface area contributed by atoms with Crippen LogP contribution in [0.1, 0.15) is 41.0 Å². The first-order valence-corrected chi connectivity index (χ1v) is 10.7. The predicted molar refractivity (Wildman–Crippen MR) is 106 cm³/mol. The fourth-order valence-corrected chi connectivity index (χ4v) is 2.61. The molecule has 0 rings (SSSR count). The molecule has 28 heavy (non-hydrogen) atoms. The summed E-state index contributed by atoms with van der Waals surface area (Å²) in [5, 5.41) is 27.6. The Morgan fingerprint density at radius 2 is 1.46 bits per heavy atom. The van der Waals surface area contributed by atoms with Gasteiger partial charge in [-0.05, 0) is 41.0 Å². The molecule has 0 bridgehead atoms. The summed E-state index contributed by atoms with van der Waals surface area (Å²) in [5.41, 5.74) is -1.72. The molecule has 10 heteroatoms. The van der Waals surface area contributed by atoms with E-state index < -0.39 is 19.8 Å². The molecule has 0 saturated carbocycles. The number of rotatable bonds is 19. The highest BCUT2D eigenvalue weighted by molar-refractivity contribution is 7.41. The van der Waals surface area contributed by atoms with Crippen LogP contribution in [0.4, 0.5) is 0 Å². The van der Waals surface area contributed by atoms with Gasteiger partial charge in [-0.2, -0.15) is 0 Å². The molecule has 9 nitrogen and oxygen atoms in total. The topological polar surface area (TPSA) is 116 Å². The lowest BCUT2D eigenvalue weighted by Gasteiger charge is -2.37. The second-order valence-corrected chi connectivity index (χ2v) is 8.39. The lowest BCUT2D eigenvalue weighted by Crippen LogP contribution is -2.47. The van der Waals surface area contributed by atoms with E-state index in [-0.39, 0.29) is 45.7 Å². The quantitative estimate of drug-likeness (QED) is 0.208. The zero-order chi connectivity index (χ0) is 21.5. The van der Waals surface area contributed by atoms with E-state index in [9.17, 15) is 5.11 Å². The van der Waals surface area contributed by atoms with Crippen molar-refractivity contribution in [3.05, 3.63) is 0 Å². The highest BCUT2D eigenvalue weighted by atomic mass is 31.2. The summed E-state index contributed by atoms with van der Waals surface area (Å²) in [7, 11) is -1.64. The first-order chi connectivity index (χ1) is 13.1. The largest absolute Gasteiger partial charge is 0.396 e. The Labute approximate surface area is 170 Å². The van der Waals surface area contributed by atoms with Crippen LogP contribution in [0, 0.1) is 0 Å². The van der Waals surface area contributed by atoms with Crippen molar-refractivity contribution in [3.63, 3.8) is 0 Å². The molecule has 2 atom stereocenters. The van der Waals surface area contributed by atoms with Crippen molar-refractivity contribution in [2.45, 2.75) is 58.3 Å². The van der Waals surface area contributed by atoms with Crippen LogP contribution in [-0.2, 0) is 27.8 Å². The molecule has 0 aromatic carbocycles. The number of hydrogen-bond donors (Lipinski definition) is 3. The van der Waals surface area contributed by atoms with E-state index in [0.29, 0.717) is 26.2 Å². The standard InChI is InChI=1S/C18H39O9P/c1-16(15-23-9-6-7-19)27-28(25-13-11-22-10-8-20)26-14-12-24-18(4,5)17(2,3)21/h16,19-21H,6-15H2,1-5H3. The second-order valence-electron chi connectivity index (χ2n) is 7.21. The monoisotopic (exact) mass is 430 g/mol. The first-order valence-electron chi connectivity index (χ1n) is 9.60. The van der Waals surface area contributed by atoms with Gasteiger partial charge in [0.1, 0.15) is 0 Å². The first kappa shape index (κ1) is 28.1. The Hall–Kier alpha value is 0.0700. The van der Waals surface area contributed by atoms with Crippen molar-refractivity contribution in [3.8, 4) is 0 Å². The van der Waals surface area contributed by atoms with E-state index in [4.69, 9.17) is 38.0 Å². The maximum Gasteiger partial charge on any atom is 0.333 e. The molecule has 0 fully saturated rings. The van der Waals surface area contributed by atoms with Crippen molar-refractivity contribution in [1.82, 2.24) is 0 Å². The molecule has 0 aliphatic heterocycles. The SMILES string of the molecule is CC(COCCCO)OP(OCCOCCO)OCCOC(C)(C)C(C)(C)O. The van der Waals surface area contributed by atoms with Crippen LogP contribution < -0.4 is 0 Å². The predicted octanol–water partition coefficient (Wildman–Crippen LogP) is 1.63. The minimum atomic E-state index is -1.64. The van der Waals surface area contributed by atoms with E-state index in [1.165, 1.54) is 0 Å². The molecule has 0 aliphatic rings. The van der Waals surface area contributed by atoms with E-state index in [0.717, 1.165) is 0 Å². The third-order valence-electron chi connectivity index (χ3n) is 3.94. The molecule has 3 N–H and O–H groups in total. The Balaban J connectivity index is 4.31. The molecule has 0 aromatic heterocycles. The Bertz CT molecular complexity index is 363. The van der Waals surface area contributed by atoms with Crippen LogP contribution in [0.15, 0.2) is 0 Å². The van der Waals surface area contributed by atoms with Crippen molar-refractivity contribution in [1.29, 1.82) is 0 Å². The highest BCUT2D eigenvalue weighted by Crippen LogP contribution is 2.41. The number of ether oxygens (including phenoxy) is 3. The highest BCUT2D eigenvalue weighted by Gasteiger charge is 2.36. The summed E-state index contributed by atoms with van der Waals surface area (Å²) in [6.07, 6.45) is 0.322. The molecule has 0 aromatic rings. The summed E-state index contributed by atoms with van der Waals surface area (Å²) in [5.74, 6) is 0. The summed E-state index contributed by atoms with van der Waals surface area (Å²) in [6.45, 7) is 11.0. The number of aliphatic hydroxyl groups is 3. The van der Waals surface area contributed by atoms with E-state index in [1.54, 1.807) is 13.8 Å². The van der Waals surface area contributed by atoms with Crippen LogP contribution in [0.3, 0.4) is 0 Å². The normalized spacial score (nSPS) is 15.0. The molecule has 0 radical (unpaired) electrons. The van der Waals surface area contributed by atoms with Gasteiger partial charge in [0.05, 0.1) is 63.6 Å². The molecular formula is C18H39O9P. The summed E-state index contributed by atoms with van der Waals surface area (Å²) in [6, 6.07) is 0. The third kappa shape index (κ3) is 14.1. The fraction of sp³-hybridized carbons (Fsp3) is 1.00. The fourth-order valence-electron chi connectivity index (χ4n) is 1.61. The molecule has 0 amide bonds. The van der Waals surface area contributed by atoms with Gasteiger partial charge < -0.3 is 43.1 Å². The molecule has 0 saturated heterocycles. The van der Waals surface area contributed by atoms with Gasteiger partial charge >= 0.3 is 8.60 Å². The Morgan fingerprint density at radius 3 is 2.04 bits per heavy atom. The molecule has 0 heterocycles. The van der Waals surface area contributed by atoms with Gasteiger partial charge in [0.15, 0.2) is 0 Å². The maximum atomic E-state index is 10.1. The summed E-state index contributed by atoms with van der Waals surface area (Å²) in [4.78, 5) is 0. The number of hydrogen-bond acceptors (Lipinski definition) is 9. The zero-order valence-electron chi connectivity index (χ0n) is 17.9. The van der Waals surface area contributed by atoms with Gasteiger partial charge in [0.2, 0.25) is 0 Å². The lowest BCUT2D eigenvalue weighted by atomic mass is 9.89. The minimum Gasteiger partial charge on any atom is -0.396 e. The Kier molecular flexibility index (Phi) is 15.9. The van der Waals surface area contributed by atoms with Gasteiger partial charge in [0, 0.05) is 13.2 Å². The molecule has 2 unspecified atom stereocenters. The van der Waals surface area contributed by atoms with Crippen LogP contribution in [0.2, 0.25) is 0 Å².